The quantitative estimate of drug-likeness (QED) is 0.410. The third-order valence-corrected chi connectivity index (χ3v) is 5.55. The molecule has 0 amide bonds. The largest absolute Gasteiger partial charge is 0.508 e. The van der Waals surface area contributed by atoms with Crippen molar-refractivity contribution < 1.29 is 39.4 Å². The summed E-state index contributed by atoms with van der Waals surface area (Å²) in [5.41, 5.74) is 0.342. The first-order valence-electron chi connectivity index (χ1n) is 9.31. The van der Waals surface area contributed by atoms with Gasteiger partial charge in [-0.2, -0.15) is 0 Å². The predicted molar refractivity (Wildman–Crippen MR) is 102 cm³/mol. The van der Waals surface area contributed by atoms with Crippen molar-refractivity contribution in [3.05, 3.63) is 52.2 Å². The number of ether oxygens (including phenoxy) is 2. The Labute approximate surface area is 169 Å². The molecule has 3 heterocycles. The highest BCUT2D eigenvalue weighted by atomic mass is 16.6. The third kappa shape index (κ3) is 2.67. The lowest BCUT2D eigenvalue weighted by atomic mass is 9.92. The van der Waals surface area contributed by atoms with Crippen molar-refractivity contribution in [2.24, 2.45) is 0 Å². The molecule has 5 atom stereocenters. The fourth-order valence-corrected chi connectivity index (χ4v) is 4.05. The van der Waals surface area contributed by atoms with Gasteiger partial charge >= 0.3 is 0 Å². The van der Waals surface area contributed by atoms with Crippen LogP contribution in [0, 0.1) is 0 Å². The van der Waals surface area contributed by atoms with Gasteiger partial charge in [0.1, 0.15) is 52.8 Å². The first-order chi connectivity index (χ1) is 14.4. The maximum Gasteiger partial charge on any atom is 0.197 e. The Morgan fingerprint density at radius 1 is 1.00 bits per heavy atom. The number of phenols is 2. The predicted octanol–water partition coefficient (Wildman–Crippen LogP) is 0.786. The molecule has 5 N–H and O–H groups in total. The van der Waals surface area contributed by atoms with Crippen molar-refractivity contribution in [3.8, 4) is 28.6 Å². The molecular formula is C21H18O9. The van der Waals surface area contributed by atoms with Gasteiger partial charge in [0, 0.05) is 17.7 Å². The summed E-state index contributed by atoms with van der Waals surface area (Å²) in [6.07, 6.45) is -5.74. The van der Waals surface area contributed by atoms with Crippen LogP contribution in [-0.2, 0) is 4.74 Å². The van der Waals surface area contributed by atoms with Crippen LogP contribution in [0.25, 0.3) is 22.3 Å². The number of fused-ring (bicyclic) bond motifs is 5. The van der Waals surface area contributed by atoms with Gasteiger partial charge < -0.3 is 39.4 Å². The van der Waals surface area contributed by atoms with Crippen LogP contribution in [0.1, 0.15) is 11.7 Å². The van der Waals surface area contributed by atoms with Gasteiger partial charge in [-0.25, -0.2) is 0 Å². The van der Waals surface area contributed by atoms with Crippen molar-refractivity contribution in [1.82, 2.24) is 0 Å². The molecule has 9 nitrogen and oxygen atoms in total. The monoisotopic (exact) mass is 414 g/mol. The first-order valence-corrected chi connectivity index (χ1v) is 9.31. The summed E-state index contributed by atoms with van der Waals surface area (Å²) in [7, 11) is 0. The molecule has 2 aromatic carbocycles. The summed E-state index contributed by atoms with van der Waals surface area (Å²) >= 11 is 0. The zero-order valence-corrected chi connectivity index (χ0v) is 15.4. The minimum atomic E-state index is -1.37. The molecule has 30 heavy (non-hydrogen) atoms. The highest BCUT2D eigenvalue weighted by Crippen LogP contribution is 2.49. The molecule has 0 radical (unpaired) electrons. The first kappa shape index (κ1) is 18.9. The van der Waals surface area contributed by atoms with Gasteiger partial charge in [-0.15, -0.1) is 0 Å². The van der Waals surface area contributed by atoms with E-state index in [4.69, 9.17) is 13.9 Å². The standard InChI is InChI=1S/C21H18O9/c22-7-14-17(26)18(27)21-20(30-14)16-13(29-21)6-11(25)15-10(24)5-12(28-19(15)16)8-1-3-9(23)4-2-8/h1-6,14,17-18,20-23,25-27H,7H2/t14-,17-,18+,20?,21+/m1/s1. The van der Waals surface area contributed by atoms with Gasteiger partial charge in [0.2, 0.25) is 0 Å². The smallest absolute Gasteiger partial charge is 0.197 e. The topological polar surface area (TPSA) is 150 Å². The molecule has 0 spiro atoms. The Balaban J connectivity index is 1.73. The summed E-state index contributed by atoms with van der Waals surface area (Å²) in [5.74, 6) is 0.0294. The Bertz CT molecular complexity index is 1180. The van der Waals surface area contributed by atoms with E-state index in [-0.39, 0.29) is 34.0 Å². The molecule has 2 aliphatic rings. The zero-order valence-electron chi connectivity index (χ0n) is 15.4. The van der Waals surface area contributed by atoms with Crippen LogP contribution in [0.3, 0.4) is 0 Å². The maximum absolute atomic E-state index is 12.8. The number of aromatic hydroxyl groups is 2. The summed E-state index contributed by atoms with van der Waals surface area (Å²) < 4.78 is 17.4. The van der Waals surface area contributed by atoms with Crippen LogP contribution in [0.2, 0.25) is 0 Å². The molecule has 1 saturated heterocycles. The van der Waals surface area contributed by atoms with Gasteiger partial charge in [-0.1, -0.05) is 0 Å². The number of aliphatic hydroxyl groups excluding tert-OH is 3. The Morgan fingerprint density at radius 3 is 2.43 bits per heavy atom. The van der Waals surface area contributed by atoms with E-state index >= 15 is 0 Å². The van der Waals surface area contributed by atoms with E-state index in [0.29, 0.717) is 11.1 Å². The van der Waals surface area contributed by atoms with E-state index in [1.165, 1.54) is 24.3 Å². The molecule has 0 saturated carbocycles. The van der Waals surface area contributed by atoms with Gasteiger partial charge in [-0.3, -0.25) is 4.79 Å². The third-order valence-electron chi connectivity index (χ3n) is 5.55. The van der Waals surface area contributed by atoms with Crippen LogP contribution in [0.4, 0.5) is 0 Å². The second-order valence-corrected chi connectivity index (χ2v) is 7.37. The average Bonchev–Trinajstić information content (AvgIpc) is 3.09. The van der Waals surface area contributed by atoms with Crippen LogP contribution in [0.15, 0.2) is 45.6 Å². The zero-order chi connectivity index (χ0) is 21.2. The van der Waals surface area contributed by atoms with Gasteiger partial charge in [0.05, 0.1) is 12.2 Å². The van der Waals surface area contributed by atoms with Crippen molar-refractivity contribution in [3.63, 3.8) is 0 Å². The molecule has 156 valence electrons. The average molecular weight is 414 g/mol. The van der Waals surface area contributed by atoms with Crippen molar-refractivity contribution in [2.45, 2.75) is 30.5 Å². The van der Waals surface area contributed by atoms with Crippen LogP contribution >= 0.6 is 0 Å². The number of hydrogen-bond donors (Lipinski definition) is 5. The highest BCUT2D eigenvalue weighted by molar-refractivity contribution is 5.90. The van der Waals surface area contributed by atoms with Crippen LogP contribution in [0.5, 0.6) is 17.2 Å². The van der Waals surface area contributed by atoms with Crippen molar-refractivity contribution in [2.75, 3.05) is 6.61 Å². The molecule has 9 heteroatoms. The minimum absolute atomic E-state index is 0.0216. The van der Waals surface area contributed by atoms with Crippen LogP contribution < -0.4 is 10.2 Å². The molecule has 1 unspecified atom stereocenters. The van der Waals surface area contributed by atoms with Gasteiger partial charge in [-0.05, 0) is 24.3 Å². The number of rotatable bonds is 2. The van der Waals surface area contributed by atoms with Crippen LogP contribution in [-0.4, -0.2) is 56.6 Å². The number of aliphatic hydroxyl groups is 3. The van der Waals surface area contributed by atoms with Gasteiger partial charge in [0.15, 0.2) is 17.1 Å². The SMILES string of the molecule is O=c1cc(-c2ccc(O)cc2)oc2c3c(cc(O)c12)O[C@@H]1C3O[C@H](CO)[C@@H](O)[C@@H]1O. The van der Waals surface area contributed by atoms with E-state index in [0.717, 1.165) is 0 Å². The highest BCUT2D eigenvalue weighted by Gasteiger charge is 2.52. The molecular weight excluding hydrogens is 396 g/mol. The second-order valence-electron chi connectivity index (χ2n) is 7.37. The fourth-order valence-electron chi connectivity index (χ4n) is 4.05. The van der Waals surface area contributed by atoms with E-state index < -0.39 is 42.6 Å². The lowest BCUT2D eigenvalue weighted by Crippen LogP contribution is -2.55. The molecule has 0 bridgehead atoms. The molecule has 5 rings (SSSR count). The fraction of sp³-hybridized carbons (Fsp3) is 0.286. The van der Waals surface area contributed by atoms with E-state index in [1.54, 1.807) is 12.1 Å². The number of phenolic OH excluding ortho intramolecular Hbond substituents is 2. The normalized spacial score (nSPS) is 27.5. The van der Waals surface area contributed by atoms with E-state index in [9.17, 15) is 30.3 Å². The van der Waals surface area contributed by atoms with Crippen molar-refractivity contribution >= 4 is 11.0 Å². The lowest BCUT2D eigenvalue weighted by Gasteiger charge is -2.38. The minimum Gasteiger partial charge on any atom is -0.508 e. The van der Waals surface area contributed by atoms with Gasteiger partial charge in [0.25, 0.3) is 0 Å². The van der Waals surface area contributed by atoms with E-state index in [2.05, 4.69) is 0 Å². The molecule has 0 aliphatic carbocycles. The number of benzene rings is 2. The molecule has 1 fully saturated rings. The maximum atomic E-state index is 12.8. The molecule has 2 aliphatic heterocycles. The summed E-state index contributed by atoms with van der Waals surface area (Å²) in [4.78, 5) is 12.8. The Morgan fingerprint density at radius 2 is 1.73 bits per heavy atom. The number of hydrogen-bond acceptors (Lipinski definition) is 9. The summed E-state index contributed by atoms with van der Waals surface area (Å²) in [6.45, 7) is -0.532. The summed E-state index contributed by atoms with van der Waals surface area (Å²) in [6, 6.07) is 8.49. The molecule has 3 aromatic rings. The van der Waals surface area contributed by atoms with E-state index in [1.807, 2.05) is 0 Å². The summed E-state index contributed by atoms with van der Waals surface area (Å²) in [5, 5.41) is 49.9. The Hall–Kier alpha value is -3.11. The molecule has 1 aromatic heterocycles. The Kier molecular flexibility index (Phi) is 4.23. The second kappa shape index (κ2) is 6.71. The lowest BCUT2D eigenvalue weighted by molar-refractivity contribution is -0.215. The van der Waals surface area contributed by atoms with Crippen molar-refractivity contribution in [1.29, 1.82) is 0 Å².